The predicted octanol–water partition coefficient (Wildman–Crippen LogP) is 3.35. The van der Waals surface area contributed by atoms with Gasteiger partial charge in [0.15, 0.2) is 12.4 Å². The lowest BCUT2D eigenvalue weighted by molar-refractivity contribution is -0.134. The maximum absolute atomic E-state index is 12.9. The summed E-state index contributed by atoms with van der Waals surface area (Å²) >= 11 is 0. The third-order valence-corrected chi connectivity index (χ3v) is 5.18. The van der Waals surface area contributed by atoms with Crippen molar-refractivity contribution in [3.63, 3.8) is 0 Å². The van der Waals surface area contributed by atoms with Crippen molar-refractivity contribution in [3.05, 3.63) is 66.6 Å². The maximum Gasteiger partial charge on any atom is 0.261 e. The van der Waals surface area contributed by atoms with E-state index in [0.717, 1.165) is 29.9 Å². The van der Waals surface area contributed by atoms with Crippen molar-refractivity contribution >= 4 is 11.6 Å². The number of nitrogens with zero attached hydrogens (tertiary/aromatic N) is 5. The fraction of sp³-hybridized carbons (Fsp3) is 0.304. The van der Waals surface area contributed by atoms with E-state index < -0.39 is 0 Å². The molecule has 154 valence electrons. The molecule has 2 aromatic heterocycles. The Morgan fingerprint density at radius 3 is 2.83 bits per heavy atom. The highest BCUT2D eigenvalue weighted by molar-refractivity contribution is 5.78. The Morgan fingerprint density at radius 1 is 1.13 bits per heavy atom. The predicted molar refractivity (Wildman–Crippen MR) is 115 cm³/mol. The summed E-state index contributed by atoms with van der Waals surface area (Å²) in [5.41, 5.74) is 2.59. The Morgan fingerprint density at radius 2 is 2.03 bits per heavy atom. The van der Waals surface area contributed by atoms with Crippen LogP contribution in [0.3, 0.4) is 0 Å². The Labute approximate surface area is 176 Å². The van der Waals surface area contributed by atoms with Crippen LogP contribution in [-0.4, -0.2) is 53.0 Å². The summed E-state index contributed by atoms with van der Waals surface area (Å²) in [5.74, 6) is 1.22. The summed E-state index contributed by atoms with van der Waals surface area (Å²) in [5, 5.41) is 0. The van der Waals surface area contributed by atoms with E-state index in [1.807, 2.05) is 72.4 Å². The smallest absolute Gasteiger partial charge is 0.261 e. The van der Waals surface area contributed by atoms with Gasteiger partial charge in [-0.2, -0.15) is 0 Å². The molecule has 1 fully saturated rings. The van der Waals surface area contributed by atoms with Crippen LogP contribution >= 0.6 is 0 Å². The van der Waals surface area contributed by atoms with Crippen LogP contribution in [0.25, 0.3) is 11.5 Å². The van der Waals surface area contributed by atoms with Crippen LogP contribution in [0.4, 0.5) is 5.69 Å². The molecule has 4 rings (SSSR count). The number of likely N-dealkylation sites (tertiary alicyclic amines) is 1. The molecule has 1 atom stereocenters. The van der Waals surface area contributed by atoms with Crippen molar-refractivity contribution in [1.82, 2.24) is 19.9 Å². The first-order valence-corrected chi connectivity index (χ1v) is 10.1. The summed E-state index contributed by atoms with van der Waals surface area (Å²) in [7, 11) is 3.94. The van der Waals surface area contributed by atoms with Crippen molar-refractivity contribution in [1.29, 1.82) is 0 Å². The lowest BCUT2D eigenvalue weighted by atomic mass is 10.1. The van der Waals surface area contributed by atoms with Crippen molar-refractivity contribution in [3.8, 4) is 17.3 Å². The summed E-state index contributed by atoms with van der Waals surface area (Å²) in [4.78, 5) is 30.1. The van der Waals surface area contributed by atoms with Crippen LogP contribution in [0.5, 0.6) is 5.75 Å². The SMILES string of the molecule is CN(C)c1cccc(OCC(=O)N2CCC[C@H]2c2ccnc(-c3ccccn3)n2)c1. The molecule has 3 aromatic rings. The first-order valence-electron chi connectivity index (χ1n) is 10.1. The standard InChI is InChI=1S/C23H25N5O2/c1-27(2)17-7-5-8-18(15-17)30-16-22(29)28-14-6-10-21(28)19-11-13-25-23(26-19)20-9-3-4-12-24-20/h3-5,7-9,11-13,15,21H,6,10,14,16H2,1-2H3/t21-/m0/s1. The van der Waals surface area contributed by atoms with Gasteiger partial charge in [-0.15, -0.1) is 0 Å². The zero-order chi connectivity index (χ0) is 20.9. The number of amides is 1. The van der Waals surface area contributed by atoms with E-state index in [-0.39, 0.29) is 18.6 Å². The maximum atomic E-state index is 12.9. The topological polar surface area (TPSA) is 71.5 Å². The molecule has 0 N–H and O–H groups in total. The van der Waals surface area contributed by atoms with E-state index in [2.05, 4.69) is 9.97 Å². The molecular weight excluding hydrogens is 378 g/mol. The highest BCUT2D eigenvalue weighted by atomic mass is 16.5. The van der Waals surface area contributed by atoms with Gasteiger partial charge in [0.2, 0.25) is 0 Å². The number of rotatable bonds is 6. The van der Waals surface area contributed by atoms with Gasteiger partial charge in [-0.3, -0.25) is 9.78 Å². The van der Waals surface area contributed by atoms with Crippen molar-refractivity contribution in [2.45, 2.75) is 18.9 Å². The summed E-state index contributed by atoms with van der Waals surface area (Å²) in [6, 6.07) is 15.2. The number of anilines is 1. The highest BCUT2D eigenvalue weighted by Crippen LogP contribution is 2.31. The van der Waals surface area contributed by atoms with E-state index in [9.17, 15) is 4.79 Å². The molecule has 1 aromatic carbocycles. The number of benzene rings is 1. The van der Waals surface area contributed by atoms with Gasteiger partial charge in [-0.25, -0.2) is 9.97 Å². The lowest BCUT2D eigenvalue weighted by Crippen LogP contribution is -2.34. The van der Waals surface area contributed by atoms with Gasteiger partial charge in [-0.1, -0.05) is 12.1 Å². The number of carbonyl (C=O) groups excluding carboxylic acids is 1. The zero-order valence-corrected chi connectivity index (χ0v) is 17.2. The number of aromatic nitrogens is 3. The second kappa shape index (κ2) is 8.90. The first kappa shape index (κ1) is 19.8. The van der Waals surface area contributed by atoms with Crippen molar-refractivity contribution in [2.75, 3.05) is 32.1 Å². The minimum absolute atomic E-state index is 0.00552. The van der Waals surface area contributed by atoms with Crippen LogP contribution in [0.15, 0.2) is 60.9 Å². The first-order chi connectivity index (χ1) is 14.6. The molecule has 1 saturated heterocycles. The van der Waals surface area contributed by atoms with E-state index in [1.165, 1.54) is 0 Å². The Balaban J connectivity index is 1.46. The van der Waals surface area contributed by atoms with Crippen LogP contribution in [0, 0.1) is 0 Å². The third-order valence-electron chi connectivity index (χ3n) is 5.18. The summed E-state index contributed by atoms with van der Waals surface area (Å²) < 4.78 is 5.79. The number of ether oxygens (including phenoxy) is 1. The third kappa shape index (κ3) is 4.40. The Hall–Kier alpha value is -3.48. The fourth-order valence-electron chi connectivity index (χ4n) is 3.63. The molecule has 0 aliphatic carbocycles. The molecule has 7 heteroatoms. The highest BCUT2D eigenvalue weighted by Gasteiger charge is 2.31. The average Bonchev–Trinajstić information content (AvgIpc) is 3.28. The van der Waals surface area contributed by atoms with Gasteiger partial charge >= 0.3 is 0 Å². The molecule has 30 heavy (non-hydrogen) atoms. The minimum Gasteiger partial charge on any atom is -0.484 e. The Bertz CT molecular complexity index is 1010. The van der Waals surface area contributed by atoms with E-state index in [4.69, 9.17) is 9.72 Å². The van der Waals surface area contributed by atoms with Gasteiger partial charge in [0, 0.05) is 44.8 Å². The number of carbonyl (C=O) groups is 1. The fourth-order valence-corrected chi connectivity index (χ4v) is 3.63. The summed E-state index contributed by atoms with van der Waals surface area (Å²) in [6.07, 6.45) is 5.27. The molecule has 0 bridgehead atoms. The monoisotopic (exact) mass is 403 g/mol. The molecule has 1 aliphatic rings. The summed E-state index contributed by atoms with van der Waals surface area (Å²) in [6.45, 7) is 0.707. The molecule has 3 heterocycles. The zero-order valence-electron chi connectivity index (χ0n) is 17.2. The van der Waals surface area contributed by atoms with Crippen molar-refractivity contribution < 1.29 is 9.53 Å². The molecule has 0 saturated carbocycles. The molecule has 0 radical (unpaired) electrons. The average molecular weight is 403 g/mol. The quantitative estimate of drug-likeness (QED) is 0.629. The second-order valence-corrected chi connectivity index (χ2v) is 7.45. The van der Waals surface area contributed by atoms with E-state index in [1.54, 1.807) is 12.4 Å². The van der Waals surface area contributed by atoms with Gasteiger partial charge in [0.05, 0.1) is 11.7 Å². The van der Waals surface area contributed by atoms with Gasteiger partial charge < -0.3 is 14.5 Å². The van der Waals surface area contributed by atoms with Gasteiger partial charge in [0.25, 0.3) is 5.91 Å². The lowest BCUT2D eigenvalue weighted by Gasteiger charge is -2.24. The normalized spacial score (nSPS) is 15.8. The van der Waals surface area contributed by atoms with E-state index >= 15 is 0 Å². The van der Waals surface area contributed by atoms with Crippen molar-refractivity contribution in [2.24, 2.45) is 0 Å². The van der Waals surface area contributed by atoms with Gasteiger partial charge in [-0.05, 0) is 43.2 Å². The van der Waals surface area contributed by atoms with Crippen LogP contribution < -0.4 is 9.64 Å². The second-order valence-electron chi connectivity index (χ2n) is 7.45. The molecule has 0 spiro atoms. The van der Waals surface area contributed by atoms with Crippen LogP contribution in [0.1, 0.15) is 24.6 Å². The molecule has 1 aliphatic heterocycles. The largest absolute Gasteiger partial charge is 0.484 e. The number of pyridine rings is 1. The molecule has 0 unspecified atom stereocenters. The number of hydrogen-bond acceptors (Lipinski definition) is 6. The minimum atomic E-state index is -0.0697. The molecule has 7 nitrogen and oxygen atoms in total. The van der Waals surface area contributed by atoms with Crippen LogP contribution in [0.2, 0.25) is 0 Å². The molecule has 1 amide bonds. The van der Waals surface area contributed by atoms with Crippen LogP contribution in [-0.2, 0) is 4.79 Å². The van der Waals surface area contributed by atoms with Gasteiger partial charge in [0.1, 0.15) is 11.4 Å². The van der Waals surface area contributed by atoms with E-state index in [0.29, 0.717) is 18.1 Å². The Kier molecular flexibility index (Phi) is 5.88. The molecular formula is C23H25N5O2. The number of hydrogen-bond donors (Lipinski definition) is 0.